The predicted octanol–water partition coefficient (Wildman–Crippen LogP) is 3.20. The number of hydrogen-bond acceptors (Lipinski definition) is 1. The highest BCUT2D eigenvalue weighted by atomic mass is 79.9. The molecular formula is C12H24BrNO. The first-order valence-corrected chi connectivity index (χ1v) is 6.52. The third-order valence-corrected chi connectivity index (χ3v) is 4.59. The summed E-state index contributed by atoms with van der Waals surface area (Å²) in [6.07, 6.45) is 0. The summed E-state index contributed by atoms with van der Waals surface area (Å²) in [5.41, 5.74) is 0.152. The molecule has 0 heterocycles. The summed E-state index contributed by atoms with van der Waals surface area (Å²) in [7, 11) is 0. The zero-order valence-corrected chi connectivity index (χ0v) is 12.3. The van der Waals surface area contributed by atoms with Crippen molar-refractivity contribution < 1.29 is 4.79 Å². The van der Waals surface area contributed by atoms with Gasteiger partial charge in [0.1, 0.15) is 0 Å². The molecule has 0 saturated heterocycles. The lowest BCUT2D eigenvalue weighted by Crippen LogP contribution is -2.41. The number of carbonyl (C=O) groups excluding carboxylic acids is 1. The lowest BCUT2D eigenvalue weighted by Gasteiger charge is -2.30. The summed E-state index contributed by atoms with van der Waals surface area (Å²) in [6, 6.07) is 0. The summed E-state index contributed by atoms with van der Waals surface area (Å²) in [5, 5.41) is 3.00. The summed E-state index contributed by atoms with van der Waals surface area (Å²) < 4.78 is 0. The topological polar surface area (TPSA) is 29.1 Å². The largest absolute Gasteiger partial charge is 0.355 e. The Morgan fingerprint density at radius 1 is 1.27 bits per heavy atom. The maximum Gasteiger partial charge on any atom is 0.234 e. The molecule has 0 saturated carbocycles. The summed E-state index contributed by atoms with van der Waals surface area (Å²) in [6.45, 7) is 13.5. The first kappa shape index (κ1) is 14.9. The van der Waals surface area contributed by atoms with Crippen molar-refractivity contribution in [2.45, 2.75) is 46.4 Å². The van der Waals surface area contributed by atoms with Gasteiger partial charge in [-0.05, 0) is 17.3 Å². The highest BCUT2D eigenvalue weighted by Crippen LogP contribution is 2.25. The Balaban J connectivity index is 4.12. The van der Waals surface area contributed by atoms with Crippen molar-refractivity contribution >= 4 is 21.8 Å². The summed E-state index contributed by atoms with van der Waals surface area (Å²) in [5.74, 6) is 0.983. The molecule has 15 heavy (non-hydrogen) atoms. The Kier molecular flexibility index (Phi) is 5.86. The van der Waals surface area contributed by atoms with Crippen LogP contribution in [0.3, 0.4) is 0 Å². The first-order chi connectivity index (χ1) is 6.68. The molecule has 3 heteroatoms. The highest BCUT2D eigenvalue weighted by molar-refractivity contribution is 9.10. The van der Waals surface area contributed by atoms with Gasteiger partial charge in [0.05, 0.1) is 4.83 Å². The average molecular weight is 278 g/mol. The maximum absolute atomic E-state index is 11.7. The van der Waals surface area contributed by atoms with Crippen LogP contribution in [0.4, 0.5) is 0 Å². The quantitative estimate of drug-likeness (QED) is 0.769. The predicted molar refractivity (Wildman–Crippen MR) is 69.2 cm³/mol. The molecule has 0 rings (SSSR count). The molecule has 0 radical (unpaired) electrons. The minimum Gasteiger partial charge on any atom is -0.355 e. The normalized spacial score (nSPS) is 14.5. The lowest BCUT2D eigenvalue weighted by atomic mass is 9.81. The second-order valence-electron chi connectivity index (χ2n) is 5.51. The van der Waals surface area contributed by atoms with Crippen LogP contribution in [0, 0.1) is 17.3 Å². The lowest BCUT2D eigenvalue weighted by molar-refractivity contribution is -0.121. The molecule has 0 aromatic heterocycles. The Hall–Kier alpha value is -0.0500. The van der Waals surface area contributed by atoms with Crippen molar-refractivity contribution in [3.8, 4) is 0 Å². The second kappa shape index (κ2) is 5.88. The fourth-order valence-corrected chi connectivity index (χ4v) is 1.08. The minimum absolute atomic E-state index is 0.0829. The van der Waals surface area contributed by atoms with Gasteiger partial charge in [-0.1, -0.05) is 57.5 Å². The molecule has 1 N–H and O–H groups in total. The van der Waals surface area contributed by atoms with E-state index in [1.807, 2.05) is 13.8 Å². The van der Waals surface area contributed by atoms with E-state index < -0.39 is 0 Å². The van der Waals surface area contributed by atoms with E-state index in [0.717, 1.165) is 6.54 Å². The Labute approximate surface area is 102 Å². The molecule has 1 unspecified atom stereocenters. The fraction of sp³-hybridized carbons (Fsp3) is 0.917. The minimum atomic E-state index is -0.0829. The van der Waals surface area contributed by atoms with Crippen molar-refractivity contribution in [2.24, 2.45) is 17.3 Å². The van der Waals surface area contributed by atoms with Crippen molar-refractivity contribution in [1.82, 2.24) is 5.32 Å². The van der Waals surface area contributed by atoms with Gasteiger partial charge in [-0.15, -0.1) is 0 Å². The molecule has 0 aromatic rings. The standard InChI is InChI=1S/C12H24BrNO/c1-8(2)10(13)11(15)14-7-12(5,6)9(3)4/h8-10H,7H2,1-6H3,(H,14,15). The van der Waals surface area contributed by atoms with E-state index in [2.05, 4.69) is 48.9 Å². The van der Waals surface area contributed by atoms with E-state index in [-0.39, 0.29) is 16.1 Å². The van der Waals surface area contributed by atoms with Crippen molar-refractivity contribution in [1.29, 1.82) is 0 Å². The Morgan fingerprint density at radius 2 is 1.73 bits per heavy atom. The zero-order chi connectivity index (χ0) is 12.2. The monoisotopic (exact) mass is 277 g/mol. The van der Waals surface area contributed by atoms with E-state index >= 15 is 0 Å². The third-order valence-electron chi connectivity index (χ3n) is 3.12. The summed E-state index contributed by atoms with van der Waals surface area (Å²) in [4.78, 5) is 11.6. The smallest absolute Gasteiger partial charge is 0.234 e. The maximum atomic E-state index is 11.7. The van der Waals surface area contributed by atoms with Gasteiger partial charge in [0.2, 0.25) is 5.91 Å². The average Bonchev–Trinajstić information content (AvgIpc) is 2.12. The van der Waals surface area contributed by atoms with Crippen LogP contribution >= 0.6 is 15.9 Å². The van der Waals surface area contributed by atoms with Crippen LogP contribution in [0.25, 0.3) is 0 Å². The first-order valence-electron chi connectivity index (χ1n) is 5.60. The highest BCUT2D eigenvalue weighted by Gasteiger charge is 2.25. The zero-order valence-electron chi connectivity index (χ0n) is 10.7. The van der Waals surface area contributed by atoms with Crippen LogP contribution in [-0.4, -0.2) is 17.3 Å². The molecule has 90 valence electrons. The van der Waals surface area contributed by atoms with Crippen molar-refractivity contribution in [3.05, 3.63) is 0 Å². The SMILES string of the molecule is CC(C)C(Br)C(=O)NCC(C)(C)C(C)C. The third kappa shape index (κ3) is 5.01. The van der Waals surface area contributed by atoms with Gasteiger partial charge in [0, 0.05) is 6.54 Å². The van der Waals surface area contributed by atoms with Gasteiger partial charge >= 0.3 is 0 Å². The van der Waals surface area contributed by atoms with E-state index in [1.54, 1.807) is 0 Å². The molecule has 0 aromatic carbocycles. The van der Waals surface area contributed by atoms with E-state index in [4.69, 9.17) is 0 Å². The van der Waals surface area contributed by atoms with Crippen LogP contribution in [0.2, 0.25) is 0 Å². The van der Waals surface area contributed by atoms with Gasteiger partial charge in [-0.3, -0.25) is 4.79 Å². The molecule has 1 amide bonds. The Bertz CT molecular complexity index is 212. The molecule has 0 aliphatic carbocycles. The number of carbonyl (C=O) groups is 1. The van der Waals surface area contributed by atoms with Gasteiger partial charge < -0.3 is 5.32 Å². The van der Waals surface area contributed by atoms with Crippen molar-refractivity contribution in [3.63, 3.8) is 0 Å². The van der Waals surface area contributed by atoms with Crippen LogP contribution in [0.15, 0.2) is 0 Å². The van der Waals surface area contributed by atoms with Gasteiger partial charge in [-0.2, -0.15) is 0 Å². The van der Waals surface area contributed by atoms with Gasteiger partial charge in [0.15, 0.2) is 0 Å². The van der Waals surface area contributed by atoms with Crippen LogP contribution < -0.4 is 5.32 Å². The van der Waals surface area contributed by atoms with E-state index in [9.17, 15) is 4.79 Å². The van der Waals surface area contributed by atoms with Crippen molar-refractivity contribution in [2.75, 3.05) is 6.54 Å². The molecular weight excluding hydrogens is 254 g/mol. The fourth-order valence-electron chi connectivity index (χ4n) is 0.919. The molecule has 0 bridgehead atoms. The van der Waals surface area contributed by atoms with Crippen LogP contribution in [0.5, 0.6) is 0 Å². The number of nitrogens with one attached hydrogen (secondary N) is 1. The number of rotatable bonds is 5. The van der Waals surface area contributed by atoms with Gasteiger partial charge in [-0.25, -0.2) is 0 Å². The van der Waals surface area contributed by atoms with E-state index in [0.29, 0.717) is 11.8 Å². The molecule has 1 atom stereocenters. The molecule has 0 aliphatic rings. The van der Waals surface area contributed by atoms with Gasteiger partial charge in [0.25, 0.3) is 0 Å². The molecule has 0 fully saturated rings. The molecule has 2 nitrogen and oxygen atoms in total. The number of amides is 1. The molecule has 0 aliphatic heterocycles. The van der Waals surface area contributed by atoms with Crippen LogP contribution in [0.1, 0.15) is 41.5 Å². The number of halogens is 1. The van der Waals surface area contributed by atoms with Crippen LogP contribution in [-0.2, 0) is 4.79 Å². The van der Waals surface area contributed by atoms with E-state index in [1.165, 1.54) is 0 Å². The summed E-state index contributed by atoms with van der Waals surface area (Å²) >= 11 is 3.40. The number of hydrogen-bond donors (Lipinski definition) is 1. The molecule has 0 spiro atoms. The second-order valence-corrected chi connectivity index (χ2v) is 6.49. The Morgan fingerprint density at radius 3 is 2.07 bits per heavy atom. The number of alkyl halides is 1.